The Labute approximate surface area is 107 Å². The van der Waals surface area contributed by atoms with Gasteiger partial charge in [0.15, 0.2) is 0 Å². The number of nitrogens with zero attached hydrogens (tertiary/aromatic N) is 3. The van der Waals surface area contributed by atoms with Crippen molar-refractivity contribution in [2.24, 2.45) is 0 Å². The molecule has 1 saturated carbocycles. The molecule has 4 nitrogen and oxygen atoms in total. The lowest BCUT2D eigenvalue weighted by atomic mass is 9.85. The highest BCUT2D eigenvalue weighted by Crippen LogP contribution is 2.29. The number of aromatic nitrogens is 3. The molecule has 1 fully saturated rings. The van der Waals surface area contributed by atoms with E-state index in [0.717, 1.165) is 31.4 Å². The van der Waals surface area contributed by atoms with Gasteiger partial charge < -0.3 is 9.67 Å². The largest absolute Gasteiger partial charge is 0.388 e. The molecule has 0 amide bonds. The van der Waals surface area contributed by atoms with Crippen LogP contribution in [0.25, 0.3) is 5.69 Å². The second-order valence-electron chi connectivity index (χ2n) is 5.27. The Morgan fingerprint density at radius 3 is 2.61 bits per heavy atom. The molecule has 2 heterocycles. The summed E-state index contributed by atoms with van der Waals surface area (Å²) in [5.74, 6) is 0. The average Bonchev–Trinajstić information content (AvgIpc) is 2.99. The fourth-order valence-electron chi connectivity index (χ4n) is 2.75. The van der Waals surface area contributed by atoms with Crippen molar-refractivity contribution >= 4 is 0 Å². The minimum atomic E-state index is -0.557. The van der Waals surface area contributed by atoms with Crippen molar-refractivity contribution < 1.29 is 5.11 Å². The quantitative estimate of drug-likeness (QED) is 0.902. The van der Waals surface area contributed by atoms with Gasteiger partial charge in [-0.2, -0.15) is 5.10 Å². The molecule has 1 N–H and O–H groups in total. The molecule has 2 aromatic rings. The van der Waals surface area contributed by atoms with Crippen LogP contribution in [0.3, 0.4) is 0 Å². The highest BCUT2D eigenvalue weighted by Gasteiger charge is 2.29. The molecule has 0 saturated heterocycles. The van der Waals surface area contributed by atoms with Crippen molar-refractivity contribution in [1.29, 1.82) is 0 Å². The molecule has 1 aliphatic rings. The van der Waals surface area contributed by atoms with Crippen LogP contribution in [0.2, 0.25) is 0 Å². The molecule has 1 aliphatic carbocycles. The van der Waals surface area contributed by atoms with Gasteiger partial charge in [0.2, 0.25) is 0 Å². The first-order valence-corrected chi connectivity index (χ1v) is 6.63. The summed E-state index contributed by atoms with van der Waals surface area (Å²) in [6, 6.07) is 3.98. The summed E-state index contributed by atoms with van der Waals surface area (Å²) in [6.45, 7) is 0.605. The summed E-state index contributed by atoms with van der Waals surface area (Å²) in [7, 11) is 0. The van der Waals surface area contributed by atoms with Crippen molar-refractivity contribution in [3.05, 3.63) is 36.9 Å². The smallest absolute Gasteiger partial charge is 0.0842 e. The number of hydrogen-bond donors (Lipinski definition) is 1. The van der Waals surface area contributed by atoms with E-state index in [4.69, 9.17) is 0 Å². The van der Waals surface area contributed by atoms with Crippen molar-refractivity contribution in [2.75, 3.05) is 0 Å². The third kappa shape index (κ3) is 2.34. The number of aliphatic hydroxyl groups is 1. The van der Waals surface area contributed by atoms with Crippen LogP contribution in [-0.4, -0.2) is 25.1 Å². The summed E-state index contributed by atoms with van der Waals surface area (Å²) in [6.07, 6.45) is 13.1. The van der Waals surface area contributed by atoms with Crippen molar-refractivity contribution in [2.45, 2.75) is 44.2 Å². The van der Waals surface area contributed by atoms with E-state index >= 15 is 0 Å². The van der Waals surface area contributed by atoms with E-state index < -0.39 is 5.60 Å². The second-order valence-corrected chi connectivity index (χ2v) is 5.27. The molecule has 2 aromatic heterocycles. The molecule has 0 radical (unpaired) electrons. The molecule has 18 heavy (non-hydrogen) atoms. The van der Waals surface area contributed by atoms with Crippen LogP contribution in [0.15, 0.2) is 36.9 Å². The minimum absolute atomic E-state index is 0.557. The van der Waals surface area contributed by atoms with E-state index in [9.17, 15) is 5.11 Å². The minimum Gasteiger partial charge on any atom is -0.388 e. The first-order valence-electron chi connectivity index (χ1n) is 6.63. The zero-order valence-electron chi connectivity index (χ0n) is 10.5. The Bertz CT molecular complexity index is 495. The van der Waals surface area contributed by atoms with Gasteiger partial charge in [-0.1, -0.05) is 19.3 Å². The standard InChI is InChI=1S/C14H19N3O/c18-14(6-2-1-3-7-14)12-17-11-13(10-15-17)16-8-4-5-9-16/h4-5,8-11,18H,1-3,6-7,12H2. The maximum atomic E-state index is 10.5. The molecular weight excluding hydrogens is 226 g/mol. The predicted octanol–water partition coefficient (Wildman–Crippen LogP) is 2.37. The van der Waals surface area contributed by atoms with Crippen LogP contribution < -0.4 is 0 Å². The molecule has 3 rings (SSSR count). The van der Waals surface area contributed by atoms with E-state index in [1.807, 2.05) is 46.2 Å². The second kappa shape index (κ2) is 4.61. The van der Waals surface area contributed by atoms with Gasteiger partial charge in [0, 0.05) is 18.6 Å². The topological polar surface area (TPSA) is 43.0 Å². The molecule has 4 heteroatoms. The SMILES string of the molecule is OC1(Cn2cc(-n3cccc3)cn2)CCCCC1. The molecule has 0 unspecified atom stereocenters. The normalized spacial score (nSPS) is 18.9. The zero-order chi connectivity index (χ0) is 12.4. The first kappa shape index (κ1) is 11.5. The number of rotatable bonds is 3. The summed E-state index contributed by atoms with van der Waals surface area (Å²) in [4.78, 5) is 0. The number of hydrogen-bond acceptors (Lipinski definition) is 2. The van der Waals surface area contributed by atoms with Gasteiger partial charge in [-0.25, -0.2) is 0 Å². The van der Waals surface area contributed by atoms with E-state index in [1.165, 1.54) is 6.42 Å². The van der Waals surface area contributed by atoms with Gasteiger partial charge in [-0.15, -0.1) is 0 Å². The van der Waals surface area contributed by atoms with Gasteiger partial charge >= 0.3 is 0 Å². The Morgan fingerprint density at radius 1 is 1.17 bits per heavy atom. The zero-order valence-corrected chi connectivity index (χ0v) is 10.5. The Morgan fingerprint density at radius 2 is 1.89 bits per heavy atom. The molecule has 0 bridgehead atoms. The molecular formula is C14H19N3O. The van der Waals surface area contributed by atoms with E-state index in [2.05, 4.69) is 5.10 Å². The maximum absolute atomic E-state index is 10.5. The monoisotopic (exact) mass is 245 g/mol. The summed E-state index contributed by atoms with van der Waals surface area (Å²) in [5, 5.41) is 14.8. The van der Waals surface area contributed by atoms with Crippen LogP contribution >= 0.6 is 0 Å². The van der Waals surface area contributed by atoms with Crippen LogP contribution in [0.5, 0.6) is 0 Å². The summed E-state index contributed by atoms with van der Waals surface area (Å²) in [5.41, 5.74) is 0.484. The lowest BCUT2D eigenvalue weighted by Gasteiger charge is -2.31. The van der Waals surface area contributed by atoms with Crippen molar-refractivity contribution in [1.82, 2.24) is 14.3 Å². The summed E-state index contributed by atoms with van der Waals surface area (Å²) >= 11 is 0. The van der Waals surface area contributed by atoms with Crippen LogP contribution in [0, 0.1) is 0 Å². The van der Waals surface area contributed by atoms with Gasteiger partial charge in [-0.05, 0) is 25.0 Å². The van der Waals surface area contributed by atoms with Crippen molar-refractivity contribution in [3.63, 3.8) is 0 Å². The fraction of sp³-hybridized carbons (Fsp3) is 0.500. The Kier molecular flexibility index (Phi) is 2.96. The molecule has 96 valence electrons. The van der Waals surface area contributed by atoms with Crippen LogP contribution in [0.4, 0.5) is 0 Å². The van der Waals surface area contributed by atoms with Gasteiger partial charge in [0.05, 0.1) is 24.0 Å². The lowest BCUT2D eigenvalue weighted by Crippen LogP contribution is -2.36. The third-order valence-corrected chi connectivity index (χ3v) is 3.76. The van der Waals surface area contributed by atoms with E-state index in [-0.39, 0.29) is 0 Å². The fourth-order valence-corrected chi connectivity index (χ4v) is 2.75. The predicted molar refractivity (Wildman–Crippen MR) is 69.6 cm³/mol. The van der Waals surface area contributed by atoms with Gasteiger partial charge in [-0.3, -0.25) is 4.68 Å². The van der Waals surface area contributed by atoms with E-state index in [0.29, 0.717) is 6.54 Å². The highest BCUT2D eigenvalue weighted by atomic mass is 16.3. The molecule has 0 spiro atoms. The summed E-state index contributed by atoms with van der Waals surface area (Å²) < 4.78 is 3.88. The average molecular weight is 245 g/mol. The van der Waals surface area contributed by atoms with Gasteiger partial charge in [0.1, 0.15) is 0 Å². The van der Waals surface area contributed by atoms with Crippen LogP contribution in [-0.2, 0) is 6.54 Å². The van der Waals surface area contributed by atoms with Gasteiger partial charge in [0.25, 0.3) is 0 Å². The molecule has 0 atom stereocenters. The molecule has 0 aromatic carbocycles. The third-order valence-electron chi connectivity index (χ3n) is 3.76. The lowest BCUT2D eigenvalue weighted by molar-refractivity contribution is -0.0142. The Balaban J connectivity index is 1.73. The maximum Gasteiger partial charge on any atom is 0.0842 e. The van der Waals surface area contributed by atoms with Crippen LogP contribution in [0.1, 0.15) is 32.1 Å². The molecule has 0 aliphatic heterocycles. The van der Waals surface area contributed by atoms with Crippen molar-refractivity contribution in [3.8, 4) is 5.69 Å². The first-order chi connectivity index (χ1) is 8.75. The highest BCUT2D eigenvalue weighted by molar-refractivity contribution is 5.26. The Hall–Kier alpha value is -1.55. The van der Waals surface area contributed by atoms with E-state index in [1.54, 1.807) is 0 Å².